The second-order valence-corrected chi connectivity index (χ2v) is 17.4. The van der Waals surface area contributed by atoms with Crippen molar-refractivity contribution in [3.63, 3.8) is 0 Å². The highest BCUT2D eigenvalue weighted by atomic mass is 16.7. The van der Waals surface area contributed by atoms with Crippen LogP contribution in [0.15, 0.2) is 146 Å². The molecule has 1 aliphatic rings. The molecule has 1 aliphatic heterocycles. The Morgan fingerprint density at radius 2 is 1.29 bits per heavy atom. The van der Waals surface area contributed by atoms with E-state index in [-0.39, 0.29) is 74.0 Å². The Morgan fingerprint density at radius 1 is 0.697 bits per heavy atom. The number of nitrogens with zero attached hydrogens (tertiary/aromatic N) is 6. The predicted molar refractivity (Wildman–Crippen MR) is 269 cm³/mol. The van der Waals surface area contributed by atoms with Gasteiger partial charge in [-0.2, -0.15) is 0 Å². The summed E-state index contributed by atoms with van der Waals surface area (Å²) in [5.74, 6) is -0.571. The summed E-state index contributed by atoms with van der Waals surface area (Å²) in [7, 11) is 1.58. The SMILES string of the molecule is COc1ccc(C(OC[C@H]2O[C@@H](n3cnc4c(NC(=O)OCCc5ccc([N+](=O)[O-])cc5)ncnc43)[C@H](OC(=O)OCCc3ccc([N+](=O)[O-])cc3)[C@@H]2OCCCCCC(=O)[O-])(c2ccccc2)c2ccccc2)cc1. The van der Waals surface area contributed by atoms with Crippen LogP contribution in [-0.2, 0) is 51.7 Å². The molecule has 5 aromatic carbocycles. The Balaban J connectivity index is 1.11. The Morgan fingerprint density at radius 3 is 1.87 bits per heavy atom. The molecule has 1 amide bonds. The van der Waals surface area contributed by atoms with Gasteiger partial charge in [0.05, 0.1) is 43.1 Å². The van der Waals surface area contributed by atoms with E-state index in [4.69, 9.17) is 33.2 Å². The van der Waals surface area contributed by atoms with Crippen molar-refractivity contribution < 1.29 is 62.5 Å². The van der Waals surface area contributed by atoms with E-state index in [9.17, 15) is 39.7 Å². The van der Waals surface area contributed by atoms with E-state index in [1.165, 1.54) is 41.5 Å². The van der Waals surface area contributed by atoms with Crippen LogP contribution < -0.4 is 15.2 Å². The van der Waals surface area contributed by atoms with Gasteiger partial charge in [0, 0.05) is 49.7 Å². The van der Waals surface area contributed by atoms with Gasteiger partial charge in [-0.1, -0.05) is 103 Å². The minimum absolute atomic E-state index is 0.0237. The van der Waals surface area contributed by atoms with Crippen molar-refractivity contribution in [2.24, 2.45) is 0 Å². The van der Waals surface area contributed by atoms with E-state index in [1.807, 2.05) is 84.9 Å². The van der Waals surface area contributed by atoms with Gasteiger partial charge in [0.25, 0.3) is 11.4 Å². The number of anilines is 1. The third kappa shape index (κ3) is 13.1. The molecule has 1 saturated heterocycles. The Hall–Kier alpha value is -8.86. The smallest absolute Gasteiger partial charge is 0.508 e. The molecule has 0 bridgehead atoms. The lowest BCUT2D eigenvalue weighted by molar-refractivity contribution is -0.385. The summed E-state index contributed by atoms with van der Waals surface area (Å²) in [6.45, 7) is -0.338. The molecular formula is C54H52N7O15-. The molecule has 0 saturated carbocycles. The second kappa shape index (κ2) is 25.4. The van der Waals surface area contributed by atoms with Gasteiger partial charge < -0.3 is 43.1 Å². The van der Waals surface area contributed by atoms with Gasteiger partial charge in [-0.15, -0.1) is 0 Å². The first-order valence-corrected chi connectivity index (χ1v) is 24.2. The zero-order chi connectivity index (χ0) is 53.4. The third-order valence-electron chi connectivity index (χ3n) is 12.6. The molecule has 8 rings (SSSR count). The number of amides is 1. The van der Waals surface area contributed by atoms with Gasteiger partial charge in [0.2, 0.25) is 0 Å². The van der Waals surface area contributed by atoms with Crippen molar-refractivity contribution in [3.8, 4) is 5.75 Å². The van der Waals surface area contributed by atoms with E-state index in [2.05, 4.69) is 20.3 Å². The monoisotopic (exact) mass is 1040 g/mol. The number of nitrogens with one attached hydrogen (secondary N) is 1. The molecule has 0 spiro atoms. The quantitative estimate of drug-likeness (QED) is 0.0188. The van der Waals surface area contributed by atoms with Crippen LogP contribution in [0.1, 0.15) is 59.7 Å². The van der Waals surface area contributed by atoms with Crippen LogP contribution in [0.5, 0.6) is 5.75 Å². The van der Waals surface area contributed by atoms with E-state index >= 15 is 0 Å². The average Bonchev–Trinajstić information content (AvgIpc) is 4.03. The lowest BCUT2D eigenvalue weighted by atomic mass is 9.80. The van der Waals surface area contributed by atoms with Gasteiger partial charge in [-0.25, -0.2) is 24.5 Å². The number of nitro benzene ring substituents is 2. The number of hydrogen-bond acceptors (Lipinski definition) is 18. The van der Waals surface area contributed by atoms with Crippen LogP contribution in [0, 0.1) is 20.2 Å². The number of carbonyl (C=O) groups excluding carboxylic acids is 3. The summed E-state index contributed by atoms with van der Waals surface area (Å²) in [6.07, 6.45) is -2.49. The highest BCUT2D eigenvalue weighted by Gasteiger charge is 2.51. The Kier molecular flexibility index (Phi) is 17.8. The van der Waals surface area contributed by atoms with E-state index in [0.717, 1.165) is 16.7 Å². The summed E-state index contributed by atoms with van der Waals surface area (Å²) in [4.78, 5) is 72.8. The number of hydrogen-bond donors (Lipinski definition) is 1. The number of benzene rings is 5. The number of carbonyl (C=O) groups is 3. The number of non-ortho nitro benzene ring substituents is 2. The predicted octanol–water partition coefficient (Wildman–Crippen LogP) is 7.81. The number of rotatable bonds is 25. The van der Waals surface area contributed by atoms with Crippen LogP contribution >= 0.6 is 0 Å². The fourth-order valence-electron chi connectivity index (χ4n) is 8.78. The fourth-order valence-corrected chi connectivity index (χ4v) is 8.78. The minimum atomic E-state index is -1.30. The molecule has 0 aliphatic carbocycles. The van der Waals surface area contributed by atoms with Crippen molar-refractivity contribution in [2.45, 2.75) is 68.7 Å². The van der Waals surface area contributed by atoms with Crippen LogP contribution in [0.3, 0.4) is 0 Å². The van der Waals surface area contributed by atoms with E-state index < -0.39 is 58.2 Å². The molecule has 22 nitrogen and oxygen atoms in total. The number of unbranched alkanes of at least 4 members (excludes halogenated alkanes) is 2. The largest absolute Gasteiger partial charge is 0.550 e. The molecule has 76 heavy (non-hydrogen) atoms. The number of methoxy groups -OCH3 is 1. The number of fused-ring (bicyclic) bond motifs is 1. The van der Waals surface area contributed by atoms with Gasteiger partial charge in [0.15, 0.2) is 29.3 Å². The lowest BCUT2D eigenvalue weighted by Crippen LogP contribution is -2.42. The maximum absolute atomic E-state index is 13.9. The number of carboxylic acid groups (broad SMARTS) is 1. The van der Waals surface area contributed by atoms with E-state index in [1.54, 1.807) is 31.4 Å². The van der Waals surface area contributed by atoms with Crippen LogP contribution in [0.25, 0.3) is 11.2 Å². The molecule has 0 unspecified atom stereocenters. The number of aliphatic carboxylic acids is 1. The first-order chi connectivity index (χ1) is 36.9. The lowest BCUT2D eigenvalue weighted by Gasteiger charge is -2.37. The average molecular weight is 1040 g/mol. The molecule has 1 N–H and O–H groups in total. The minimum Gasteiger partial charge on any atom is -0.550 e. The molecule has 4 atom stereocenters. The maximum atomic E-state index is 13.9. The highest BCUT2D eigenvalue weighted by molar-refractivity contribution is 5.93. The summed E-state index contributed by atoms with van der Waals surface area (Å²) >= 11 is 0. The number of ether oxygens (including phenoxy) is 7. The molecule has 3 heterocycles. The zero-order valence-corrected chi connectivity index (χ0v) is 41.0. The first-order valence-electron chi connectivity index (χ1n) is 24.2. The molecule has 2 aromatic heterocycles. The molecule has 1 fully saturated rings. The van der Waals surface area contributed by atoms with Crippen LogP contribution in [0.4, 0.5) is 26.8 Å². The van der Waals surface area contributed by atoms with Gasteiger partial charge in [-0.3, -0.25) is 30.1 Å². The summed E-state index contributed by atoms with van der Waals surface area (Å²) in [5.41, 5.74) is 2.49. The van der Waals surface area contributed by atoms with Crippen molar-refractivity contribution in [1.29, 1.82) is 0 Å². The van der Waals surface area contributed by atoms with Gasteiger partial charge in [0.1, 0.15) is 29.9 Å². The summed E-state index contributed by atoms with van der Waals surface area (Å²) in [6, 6.07) is 38.4. The van der Waals surface area contributed by atoms with Gasteiger partial charge in [-0.05, 0) is 59.2 Å². The third-order valence-corrected chi connectivity index (χ3v) is 12.6. The van der Waals surface area contributed by atoms with E-state index in [0.29, 0.717) is 36.1 Å². The standard InChI is InChI=1S/C54H53N7O15/c1-70-43-26-20-40(21-27-43)54(38-11-5-2-6-12-38,39-13-7-3-8-14-39)74-33-44-47(71-30-10-4-9-15-45(62)63)48(76-53(65)73-32-29-37-18-24-42(25-19-37)61(68)69)51(75-44)59-35-57-46-49(55-34-56-50(46)59)58-52(64)72-31-28-36-16-22-41(23-17-36)60(66)67/h2-3,5-8,11-14,16-27,34-35,44,47-48,51H,4,9-10,15,28-33H2,1H3,(H,62,63)(H,55,56,58,64)/p-1/t44-,47-,48-,51-/m1/s1. The number of imidazole rings is 1. The van der Waals surface area contributed by atoms with Crippen molar-refractivity contribution in [3.05, 3.63) is 194 Å². The van der Waals surface area contributed by atoms with Crippen LogP contribution in [-0.4, -0.2) is 99.4 Å². The highest BCUT2D eigenvalue weighted by Crippen LogP contribution is 2.43. The Bertz CT molecular complexity index is 3030. The number of aromatic nitrogens is 4. The molecular weight excluding hydrogens is 987 g/mol. The number of nitro groups is 2. The molecule has 22 heteroatoms. The Labute approximate surface area is 434 Å². The van der Waals surface area contributed by atoms with Crippen molar-refractivity contribution >= 4 is 46.6 Å². The number of carboxylic acids is 1. The van der Waals surface area contributed by atoms with Crippen LogP contribution in [0.2, 0.25) is 0 Å². The summed E-state index contributed by atoms with van der Waals surface area (Å²) in [5, 5.41) is 36.1. The second-order valence-electron chi connectivity index (χ2n) is 17.4. The zero-order valence-electron chi connectivity index (χ0n) is 41.0. The summed E-state index contributed by atoms with van der Waals surface area (Å²) < 4.78 is 45.0. The van der Waals surface area contributed by atoms with Crippen molar-refractivity contribution in [1.82, 2.24) is 19.5 Å². The first kappa shape index (κ1) is 53.4. The fraction of sp³-hybridized carbons (Fsp3) is 0.296. The van der Waals surface area contributed by atoms with Crippen molar-refractivity contribution in [2.75, 3.05) is 38.9 Å². The topological polar surface area (TPSA) is 281 Å². The normalized spacial score (nSPS) is 16.2. The maximum Gasteiger partial charge on any atom is 0.508 e. The molecule has 0 radical (unpaired) electrons. The van der Waals surface area contributed by atoms with Gasteiger partial charge >= 0.3 is 12.2 Å². The molecule has 7 aromatic rings. The molecule has 394 valence electrons.